The van der Waals surface area contributed by atoms with E-state index in [1.807, 2.05) is 12.1 Å². The van der Waals surface area contributed by atoms with Gasteiger partial charge in [-0.15, -0.1) is 0 Å². The fourth-order valence-corrected chi connectivity index (χ4v) is 1.30. The fraction of sp³-hybridized carbons (Fsp3) is 0. The highest BCUT2D eigenvalue weighted by molar-refractivity contribution is 5.88. The van der Waals surface area contributed by atoms with Crippen LogP contribution in [0, 0.1) is 11.8 Å². The van der Waals surface area contributed by atoms with Crippen molar-refractivity contribution < 1.29 is 9.90 Å². The predicted octanol–water partition coefficient (Wildman–Crippen LogP) is 2.18. The zero-order chi connectivity index (χ0) is 12.1. The van der Waals surface area contributed by atoms with Gasteiger partial charge >= 0.3 is 5.97 Å². The Hall–Kier alpha value is -2.60. The zero-order valence-corrected chi connectivity index (χ0v) is 8.92. The summed E-state index contributed by atoms with van der Waals surface area (Å²) in [6.45, 7) is 0. The third-order valence-electron chi connectivity index (χ3n) is 2.11. The van der Waals surface area contributed by atoms with E-state index in [9.17, 15) is 4.79 Å². The Morgan fingerprint density at radius 2 is 2.00 bits per heavy atom. The van der Waals surface area contributed by atoms with E-state index >= 15 is 0 Å². The molecule has 3 heteroatoms. The summed E-state index contributed by atoms with van der Waals surface area (Å²) in [5.41, 5.74) is 1.56. The fourth-order valence-electron chi connectivity index (χ4n) is 1.30. The maximum Gasteiger partial charge on any atom is 0.335 e. The van der Waals surface area contributed by atoms with Crippen molar-refractivity contribution in [2.24, 2.45) is 0 Å². The maximum atomic E-state index is 10.8. The number of benzene rings is 1. The van der Waals surface area contributed by atoms with Crippen LogP contribution in [-0.4, -0.2) is 16.1 Å². The van der Waals surface area contributed by atoms with Gasteiger partial charge in [0.25, 0.3) is 0 Å². The Bertz CT molecular complexity index is 594. The molecule has 2 rings (SSSR count). The van der Waals surface area contributed by atoms with Crippen molar-refractivity contribution in [1.82, 2.24) is 4.98 Å². The number of aromatic nitrogens is 1. The van der Waals surface area contributed by atoms with Gasteiger partial charge in [0.1, 0.15) is 5.69 Å². The van der Waals surface area contributed by atoms with Crippen LogP contribution in [0.3, 0.4) is 0 Å². The van der Waals surface area contributed by atoms with Crippen molar-refractivity contribution in [3.63, 3.8) is 0 Å². The summed E-state index contributed by atoms with van der Waals surface area (Å²) in [6.07, 6.45) is 1.66. The van der Waals surface area contributed by atoms with Gasteiger partial charge in [0.15, 0.2) is 0 Å². The molecular formula is C14H9NO2. The normalized spacial score (nSPS) is 9.18. The first kappa shape index (κ1) is 10.9. The molecule has 3 nitrogen and oxygen atoms in total. The van der Waals surface area contributed by atoms with Crippen molar-refractivity contribution in [1.29, 1.82) is 0 Å². The van der Waals surface area contributed by atoms with Crippen LogP contribution in [0.2, 0.25) is 0 Å². The molecule has 17 heavy (non-hydrogen) atoms. The molecule has 2 aromatic rings. The number of hydrogen-bond acceptors (Lipinski definition) is 2. The molecular weight excluding hydrogens is 214 g/mol. The van der Waals surface area contributed by atoms with Gasteiger partial charge < -0.3 is 5.11 Å². The number of aromatic carboxylic acids is 1. The van der Waals surface area contributed by atoms with Crippen molar-refractivity contribution in [2.75, 3.05) is 0 Å². The lowest BCUT2D eigenvalue weighted by molar-refractivity contribution is 0.0697. The minimum Gasteiger partial charge on any atom is -0.478 e. The molecule has 0 saturated carbocycles. The third kappa shape index (κ3) is 2.93. The Morgan fingerprint density at radius 3 is 2.71 bits per heavy atom. The monoisotopic (exact) mass is 223 g/mol. The van der Waals surface area contributed by atoms with Crippen molar-refractivity contribution >= 4 is 5.97 Å². The number of rotatable bonds is 1. The molecule has 1 heterocycles. The number of carboxylic acid groups (broad SMARTS) is 1. The van der Waals surface area contributed by atoms with Gasteiger partial charge in [0.2, 0.25) is 0 Å². The van der Waals surface area contributed by atoms with Gasteiger partial charge in [-0.25, -0.2) is 9.78 Å². The van der Waals surface area contributed by atoms with E-state index in [1.54, 1.807) is 24.4 Å². The van der Waals surface area contributed by atoms with Crippen LogP contribution in [0.25, 0.3) is 0 Å². The van der Waals surface area contributed by atoms with Gasteiger partial charge in [-0.3, -0.25) is 0 Å². The van der Waals surface area contributed by atoms with Gasteiger partial charge in [-0.05, 0) is 36.3 Å². The smallest absolute Gasteiger partial charge is 0.335 e. The van der Waals surface area contributed by atoms with Gasteiger partial charge in [-0.2, -0.15) is 0 Å². The molecule has 0 spiro atoms. The molecule has 1 aromatic carbocycles. The van der Waals surface area contributed by atoms with Crippen LogP contribution >= 0.6 is 0 Å². The molecule has 0 amide bonds. The molecule has 1 N–H and O–H groups in total. The lowest BCUT2D eigenvalue weighted by atomic mass is 10.1. The number of carbonyl (C=O) groups is 1. The standard InChI is InChI=1S/C14H9NO2/c16-14(17)12-5-3-4-11(10-12)7-8-13-6-1-2-9-15-13/h1-6,9-10H,(H,16,17). The van der Waals surface area contributed by atoms with Crippen LogP contribution < -0.4 is 0 Å². The van der Waals surface area contributed by atoms with E-state index in [4.69, 9.17) is 5.11 Å². The van der Waals surface area contributed by atoms with Crippen LogP contribution in [0.4, 0.5) is 0 Å². The Balaban J connectivity index is 2.28. The molecule has 0 radical (unpaired) electrons. The van der Waals surface area contributed by atoms with Gasteiger partial charge in [0.05, 0.1) is 5.56 Å². The lowest BCUT2D eigenvalue weighted by Gasteiger charge is -1.94. The topological polar surface area (TPSA) is 50.2 Å². The summed E-state index contributed by atoms with van der Waals surface area (Å²) in [6, 6.07) is 12.0. The van der Waals surface area contributed by atoms with E-state index in [2.05, 4.69) is 16.8 Å². The zero-order valence-electron chi connectivity index (χ0n) is 8.92. The highest BCUT2D eigenvalue weighted by atomic mass is 16.4. The van der Waals surface area contributed by atoms with Gasteiger partial charge in [-0.1, -0.05) is 18.1 Å². The van der Waals surface area contributed by atoms with Crippen molar-refractivity contribution in [3.8, 4) is 11.8 Å². The summed E-state index contributed by atoms with van der Waals surface area (Å²) in [5, 5.41) is 8.83. The SMILES string of the molecule is O=C(O)c1cccc(C#Cc2ccccn2)c1. The van der Waals surface area contributed by atoms with E-state index in [1.165, 1.54) is 12.1 Å². The number of carboxylic acids is 1. The highest BCUT2D eigenvalue weighted by Crippen LogP contribution is 2.04. The van der Waals surface area contributed by atoms with Crippen LogP contribution in [0.5, 0.6) is 0 Å². The summed E-state index contributed by atoms with van der Waals surface area (Å²) < 4.78 is 0. The largest absolute Gasteiger partial charge is 0.478 e. The second-order valence-electron chi connectivity index (χ2n) is 3.35. The Morgan fingerprint density at radius 1 is 1.12 bits per heavy atom. The average molecular weight is 223 g/mol. The first-order chi connectivity index (χ1) is 8.25. The van der Waals surface area contributed by atoms with E-state index in [0.717, 1.165) is 0 Å². The van der Waals surface area contributed by atoms with Gasteiger partial charge in [0, 0.05) is 11.8 Å². The van der Waals surface area contributed by atoms with Crippen molar-refractivity contribution in [2.45, 2.75) is 0 Å². The molecule has 82 valence electrons. The van der Waals surface area contributed by atoms with E-state index < -0.39 is 5.97 Å². The summed E-state index contributed by atoms with van der Waals surface area (Å²) in [4.78, 5) is 14.8. The van der Waals surface area contributed by atoms with E-state index in [-0.39, 0.29) is 5.56 Å². The third-order valence-corrected chi connectivity index (χ3v) is 2.11. The van der Waals surface area contributed by atoms with Crippen LogP contribution in [0.15, 0.2) is 48.7 Å². The number of hydrogen-bond donors (Lipinski definition) is 1. The van der Waals surface area contributed by atoms with Crippen LogP contribution in [0.1, 0.15) is 21.6 Å². The van der Waals surface area contributed by atoms with Crippen molar-refractivity contribution in [3.05, 3.63) is 65.5 Å². The first-order valence-electron chi connectivity index (χ1n) is 5.02. The maximum absolute atomic E-state index is 10.8. The lowest BCUT2D eigenvalue weighted by Crippen LogP contribution is -1.95. The molecule has 0 aliphatic carbocycles. The molecule has 0 unspecified atom stereocenters. The quantitative estimate of drug-likeness (QED) is 0.754. The molecule has 0 aliphatic heterocycles. The second kappa shape index (κ2) is 4.95. The minimum absolute atomic E-state index is 0.234. The summed E-state index contributed by atoms with van der Waals surface area (Å²) >= 11 is 0. The Labute approximate surface area is 98.8 Å². The van der Waals surface area contributed by atoms with E-state index in [0.29, 0.717) is 11.3 Å². The average Bonchev–Trinajstić information content (AvgIpc) is 2.38. The second-order valence-corrected chi connectivity index (χ2v) is 3.35. The molecule has 0 bridgehead atoms. The number of pyridine rings is 1. The molecule has 0 saturated heterocycles. The summed E-state index contributed by atoms with van der Waals surface area (Å²) in [7, 11) is 0. The highest BCUT2D eigenvalue weighted by Gasteiger charge is 2.01. The van der Waals surface area contributed by atoms with Crippen LogP contribution in [-0.2, 0) is 0 Å². The molecule has 1 aromatic heterocycles. The molecule has 0 aliphatic rings. The molecule has 0 atom stereocenters. The Kier molecular flexibility index (Phi) is 3.18. The predicted molar refractivity (Wildman–Crippen MR) is 63.6 cm³/mol. The molecule has 0 fully saturated rings. The first-order valence-corrected chi connectivity index (χ1v) is 5.02. The minimum atomic E-state index is -0.952. The number of nitrogens with zero attached hydrogens (tertiary/aromatic N) is 1. The summed E-state index contributed by atoms with van der Waals surface area (Å²) in [5.74, 6) is 4.80.